The number of rotatable bonds is 8. The smallest absolute Gasteiger partial charge is 0.254 e. The highest BCUT2D eigenvalue weighted by Crippen LogP contribution is 2.25. The first-order valence-corrected chi connectivity index (χ1v) is 11.5. The van der Waals surface area contributed by atoms with Crippen LogP contribution in [-0.4, -0.2) is 29.8 Å². The van der Waals surface area contributed by atoms with Gasteiger partial charge in [0.15, 0.2) is 0 Å². The quantitative estimate of drug-likeness (QED) is 0.578. The second-order valence-electron chi connectivity index (χ2n) is 9.71. The molecule has 0 spiro atoms. The fourth-order valence-electron chi connectivity index (χ4n) is 4.16. The number of carbonyl (C=O) groups excluding carboxylic acids is 2. The van der Waals surface area contributed by atoms with Crippen LogP contribution < -0.4 is 11.1 Å². The summed E-state index contributed by atoms with van der Waals surface area (Å²) in [5.41, 5.74) is 6.99. The minimum Gasteiger partial charge on any atom is -0.334 e. The maximum absolute atomic E-state index is 13.7. The van der Waals surface area contributed by atoms with Crippen molar-refractivity contribution in [1.82, 2.24) is 4.90 Å². The molecule has 1 aliphatic carbocycles. The van der Waals surface area contributed by atoms with Crippen molar-refractivity contribution in [1.29, 1.82) is 0 Å². The van der Waals surface area contributed by atoms with Gasteiger partial charge in [-0.2, -0.15) is 0 Å². The molecule has 1 fully saturated rings. The van der Waals surface area contributed by atoms with Crippen molar-refractivity contribution in [2.75, 3.05) is 18.4 Å². The summed E-state index contributed by atoms with van der Waals surface area (Å²) in [5, 5.41) is 2.98. The van der Waals surface area contributed by atoms with Crippen LogP contribution in [0, 0.1) is 23.0 Å². The Balaban J connectivity index is 1.73. The molecule has 2 aromatic carbocycles. The highest BCUT2D eigenvalue weighted by Gasteiger charge is 2.26. The monoisotopic (exact) mass is 457 g/mol. The topological polar surface area (TPSA) is 75.4 Å². The lowest BCUT2D eigenvalue weighted by atomic mass is 9.88. The van der Waals surface area contributed by atoms with Crippen molar-refractivity contribution in [2.24, 2.45) is 17.1 Å². The fraction of sp³-hybridized carbons (Fsp3) is 0.462. The lowest BCUT2D eigenvalue weighted by Crippen LogP contribution is -2.41. The molecule has 7 heteroatoms. The van der Waals surface area contributed by atoms with E-state index >= 15 is 0 Å². The number of anilines is 1. The van der Waals surface area contributed by atoms with Crippen LogP contribution in [-0.2, 0) is 11.3 Å². The molecule has 178 valence electrons. The van der Waals surface area contributed by atoms with E-state index in [-0.39, 0.29) is 29.3 Å². The molecule has 3 N–H and O–H groups in total. The molecule has 0 bridgehead atoms. The number of nitrogens with two attached hydrogens (primary N) is 1. The summed E-state index contributed by atoms with van der Waals surface area (Å²) in [4.78, 5) is 27.2. The van der Waals surface area contributed by atoms with E-state index in [0.717, 1.165) is 49.4 Å². The van der Waals surface area contributed by atoms with Crippen molar-refractivity contribution in [3.05, 3.63) is 65.2 Å². The number of hydrogen-bond donors (Lipinski definition) is 2. The Morgan fingerprint density at radius 1 is 1.03 bits per heavy atom. The van der Waals surface area contributed by atoms with Gasteiger partial charge < -0.3 is 16.0 Å². The van der Waals surface area contributed by atoms with Crippen molar-refractivity contribution in [2.45, 2.75) is 52.5 Å². The Morgan fingerprint density at radius 3 is 2.21 bits per heavy atom. The Bertz CT molecular complexity index is 950. The molecule has 0 aromatic heterocycles. The van der Waals surface area contributed by atoms with E-state index in [2.05, 4.69) is 5.32 Å². The molecule has 0 aliphatic heterocycles. The van der Waals surface area contributed by atoms with E-state index in [1.807, 2.05) is 38.1 Å². The van der Waals surface area contributed by atoms with Crippen LogP contribution in [0.1, 0.15) is 61.9 Å². The average Bonchev–Trinajstić information content (AvgIpc) is 2.79. The number of hydrogen-bond acceptors (Lipinski definition) is 3. The van der Waals surface area contributed by atoms with E-state index < -0.39 is 17.5 Å². The number of nitrogens with one attached hydrogen (secondary N) is 1. The molecule has 5 nitrogen and oxygen atoms in total. The highest BCUT2D eigenvalue weighted by molar-refractivity contribution is 5.94. The van der Waals surface area contributed by atoms with Crippen molar-refractivity contribution in [3.8, 4) is 0 Å². The molecule has 0 atom stereocenters. The standard InChI is InChI=1S/C26H33F2N3O2/c1-26(2,16-29)17-31(25(33)20-12-21(27)14-22(28)13-20)15-18-8-10-23(11-9-18)30-24(32)19-6-4-3-5-7-19/h8-14,19H,3-7,15-17,29H2,1-2H3,(H,30,32). The Hall–Kier alpha value is -2.80. The van der Waals surface area contributed by atoms with Crippen molar-refractivity contribution < 1.29 is 18.4 Å². The summed E-state index contributed by atoms with van der Waals surface area (Å²) < 4.78 is 27.4. The maximum atomic E-state index is 13.7. The van der Waals surface area contributed by atoms with Gasteiger partial charge in [-0.1, -0.05) is 45.2 Å². The summed E-state index contributed by atoms with van der Waals surface area (Å²) in [5.74, 6) is -1.94. The number of benzene rings is 2. The SMILES string of the molecule is CC(C)(CN)CN(Cc1ccc(NC(=O)C2CCCCC2)cc1)C(=O)c1cc(F)cc(F)c1. The predicted molar refractivity (Wildman–Crippen MR) is 126 cm³/mol. The van der Waals surface area contributed by atoms with Gasteiger partial charge in [0.05, 0.1) is 0 Å². The van der Waals surface area contributed by atoms with Gasteiger partial charge in [0, 0.05) is 36.3 Å². The third kappa shape index (κ3) is 7.09. The lowest BCUT2D eigenvalue weighted by Gasteiger charge is -2.32. The lowest BCUT2D eigenvalue weighted by molar-refractivity contribution is -0.120. The number of carbonyl (C=O) groups is 2. The van der Waals surface area contributed by atoms with Crippen molar-refractivity contribution in [3.63, 3.8) is 0 Å². The second kappa shape index (κ2) is 10.9. The van der Waals surface area contributed by atoms with Gasteiger partial charge in [0.2, 0.25) is 5.91 Å². The van der Waals surface area contributed by atoms with Crippen LogP contribution in [0.4, 0.5) is 14.5 Å². The van der Waals surface area contributed by atoms with Gasteiger partial charge >= 0.3 is 0 Å². The van der Waals surface area contributed by atoms with Crippen LogP contribution in [0.3, 0.4) is 0 Å². The molecule has 0 heterocycles. The van der Waals surface area contributed by atoms with Gasteiger partial charge in [-0.15, -0.1) is 0 Å². The molecule has 3 rings (SSSR count). The van der Waals surface area contributed by atoms with Crippen LogP contribution in [0.5, 0.6) is 0 Å². The summed E-state index contributed by atoms with van der Waals surface area (Å²) in [7, 11) is 0. The molecule has 0 unspecified atom stereocenters. The first kappa shape index (κ1) is 24.8. The number of nitrogens with zero attached hydrogens (tertiary/aromatic N) is 1. The maximum Gasteiger partial charge on any atom is 0.254 e. The minimum absolute atomic E-state index is 0.0447. The van der Waals surface area contributed by atoms with Gasteiger partial charge in [-0.25, -0.2) is 8.78 Å². The first-order chi connectivity index (χ1) is 15.7. The van der Waals surface area contributed by atoms with E-state index in [0.29, 0.717) is 18.8 Å². The molecular weight excluding hydrogens is 424 g/mol. The summed E-state index contributed by atoms with van der Waals surface area (Å²) in [6.45, 7) is 4.78. The molecule has 1 aliphatic rings. The van der Waals surface area contributed by atoms with E-state index in [1.165, 1.54) is 6.42 Å². The summed E-state index contributed by atoms with van der Waals surface area (Å²) in [6.07, 6.45) is 5.23. The minimum atomic E-state index is -0.797. The largest absolute Gasteiger partial charge is 0.334 e. The van der Waals surface area contributed by atoms with Crippen LogP contribution in [0.15, 0.2) is 42.5 Å². The zero-order valence-electron chi connectivity index (χ0n) is 19.4. The molecule has 1 saturated carbocycles. The summed E-state index contributed by atoms with van der Waals surface area (Å²) in [6, 6.07) is 10.1. The van der Waals surface area contributed by atoms with Crippen LogP contribution in [0.2, 0.25) is 0 Å². The van der Waals surface area contributed by atoms with E-state index in [4.69, 9.17) is 5.73 Å². The highest BCUT2D eigenvalue weighted by atomic mass is 19.1. The van der Waals surface area contributed by atoms with Crippen LogP contribution >= 0.6 is 0 Å². The van der Waals surface area contributed by atoms with Gasteiger partial charge in [0.1, 0.15) is 11.6 Å². The Kier molecular flexibility index (Phi) is 8.19. The Labute approximate surface area is 194 Å². The van der Waals surface area contributed by atoms with E-state index in [9.17, 15) is 18.4 Å². The second-order valence-corrected chi connectivity index (χ2v) is 9.71. The third-order valence-electron chi connectivity index (χ3n) is 6.14. The Morgan fingerprint density at radius 2 is 1.64 bits per heavy atom. The van der Waals surface area contributed by atoms with E-state index in [1.54, 1.807) is 4.90 Å². The summed E-state index contributed by atoms with van der Waals surface area (Å²) >= 11 is 0. The normalized spacial score (nSPS) is 14.7. The number of halogens is 2. The molecule has 2 aromatic rings. The third-order valence-corrected chi connectivity index (χ3v) is 6.14. The van der Waals surface area contributed by atoms with Crippen molar-refractivity contribution >= 4 is 17.5 Å². The molecular formula is C26H33F2N3O2. The predicted octanol–water partition coefficient (Wildman–Crippen LogP) is 5.11. The molecule has 33 heavy (non-hydrogen) atoms. The average molecular weight is 458 g/mol. The van der Waals surface area contributed by atoms with Gasteiger partial charge in [0.25, 0.3) is 5.91 Å². The molecule has 0 radical (unpaired) electrons. The van der Waals surface area contributed by atoms with Gasteiger partial charge in [-0.3, -0.25) is 9.59 Å². The van der Waals surface area contributed by atoms with Gasteiger partial charge in [-0.05, 0) is 54.6 Å². The van der Waals surface area contributed by atoms with Crippen LogP contribution in [0.25, 0.3) is 0 Å². The molecule has 2 amide bonds. The number of amides is 2. The zero-order chi connectivity index (χ0) is 24.0. The zero-order valence-corrected chi connectivity index (χ0v) is 19.4. The first-order valence-electron chi connectivity index (χ1n) is 11.5. The molecule has 0 saturated heterocycles. The fourth-order valence-corrected chi connectivity index (χ4v) is 4.16.